The Morgan fingerprint density at radius 1 is 1.38 bits per heavy atom. The van der Waals surface area contributed by atoms with Gasteiger partial charge in [-0.1, -0.05) is 12.1 Å². The van der Waals surface area contributed by atoms with Crippen LogP contribution in [-0.4, -0.2) is 52.6 Å². The normalized spacial score (nSPS) is 19.5. The first-order chi connectivity index (χ1) is 10.9. The number of nitrogens with one attached hydrogen (secondary N) is 2. The van der Waals surface area contributed by atoms with Crippen LogP contribution in [0.25, 0.3) is 0 Å². The highest BCUT2D eigenvalue weighted by molar-refractivity contribution is 14.0. The van der Waals surface area contributed by atoms with Crippen LogP contribution >= 0.6 is 24.0 Å². The van der Waals surface area contributed by atoms with E-state index in [9.17, 15) is 8.42 Å². The van der Waals surface area contributed by atoms with Gasteiger partial charge in [-0.25, -0.2) is 13.4 Å². The highest BCUT2D eigenvalue weighted by Gasteiger charge is 2.28. The molecular weight excluding hydrogens is 439 g/mol. The Kier molecular flexibility index (Phi) is 8.28. The van der Waals surface area contributed by atoms with Gasteiger partial charge in [0.2, 0.25) is 0 Å². The first-order valence-corrected chi connectivity index (χ1v) is 9.73. The summed E-state index contributed by atoms with van der Waals surface area (Å²) < 4.78 is 23.1. The van der Waals surface area contributed by atoms with Crippen LogP contribution in [0.5, 0.6) is 0 Å². The van der Waals surface area contributed by atoms with Gasteiger partial charge in [-0.2, -0.15) is 0 Å². The molecule has 1 atom stereocenters. The molecule has 0 saturated carbocycles. The maximum Gasteiger partial charge on any atom is 0.191 e. The molecule has 0 amide bonds. The molecule has 0 radical (unpaired) electrons. The van der Waals surface area contributed by atoms with Gasteiger partial charge in [0.25, 0.3) is 0 Å². The summed E-state index contributed by atoms with van der Waals surface area (Å²) in [6.45, 7) is 3.29. The molecule has 1 fully saturated rings. The van der Waals surface area contributed by atoms with Gasteiger partial charge in [-0.3, -0.25) is 0 Å². The standard InChI is InChI=1S/C16H26N4O2S.HI/c1-4-17-16(19-14-8-9-23(21,22)12-14)18-11-13-6-5-7-15(10-13)20(2)3;/h5-7,10,14H,4,8-9,11-12H2,1-3H3,(H2,17,18,19);1H. The molecule has 1 aliphatic rings. The maximum absolute atomic E-state index is 11.6. The number of sulfone groups is 1. The van der Waals surface area contributed by atoms with Crippen molar-refractivity contribution < 1.29 is 8.42 Å². The summed E-state index contributed by atoms with van der Waals surface area (Å²) >= 11 is 0. The van der Waals surface area contributed by atoms with Gasteiger partial charge in [0.15, 0.2) is 15.8 Å². The van der Waals surface area contributed by atoms with Crippen LogP contribution in [0.3, 0.4) is 0 Å². The number of nitrogens with zero attached hydrogens (tertiary/aromatic N) is 2. The maximum atomic E-state index is 11.6. The number of hydrogen-bond donors (Lipinski definition) is 2. The Hall–Kier alpha value is -1.03. The topological polar surface area (TPSA) is 73.8 Å². The molecule has 0 spiro atoms. The number of benzene rings is 1. The molecule has 2 N–H and O–H groups in total. The van der Waals surface area contributed by atoms with Gasteiger partial charge in [0.05, 0.1) is 18.1 Å². The van der Waals surface area contributed by atoms with Crippen molar-refractivity contribution in [2.75, 3.05) is 37.0 Å². The molecule has 6 nitrogen and oxygen atoms in total. The highest BCUT2D eigenvalue weighted by atomic mass is 127. The quantitative estimate of drug-likeness (QED) is 0.392. The average Bonchev–Trinajstić information content (AvgIpc) is 2.84. The van der Waals surface area contributed by atoms with Crippen molar-refractivity contribution in [3.05, 3.63) is 29.8 Å². The molecule has 0 aliphatic carbocycles. The predicted octanol–water partition coefficient (Wildman–Crippen LogP) is 1.61. The van der Waals surface area contributed by atoms with Crippen molar-refractivity contribution in [2.24, 2.45) is 4.99 Å². The third-order valence-electron chi connectivity index (χ3n) is 3.76. The molecule has 1 aromatic rings. The van der Waals surface area contributed by atoms with Crippen molar-refractivity contribution >= 4 is 45.5 Å². The Balaban J connectivity index is 0.00000288. The second-order valence-corrected chi connectivity index (χ2v) is 8.23. The second-order valence-electron chi connectivity index (χ2n) is 6.00. The Morgan fingerprint density at radius 2 is 2.12 bits per heavy atom. The SMILES string of the molecule is CCNC(=NCc1cccc(N(C)C)c1)NC1CCS(=O)(=O)C1.I. The van der Waals surface area contributed by atoms with Gasteiger partial charge in [-0.15, -0.1) is 24.0 Å². The second kappa shape index (κ2) is 9.45. The summed E-state index contributed by atoms with van der Waals surface area (Å²) in [6.07, 6.45) is 0.642. The fourth-order valence-corrected chi connectivity index (χ4v) is 4.20. The van der Waals surface area contributed by atoms with Crippen LogP contribution in [-0.2, 0) is 16.4 Å². The van der Waals surface area contributed by atoms with E-state index in [0.29, 0.717) is 18.9 Å². The zero-order chi connectivity index (χ0) is 16.9. The summed E-state index contributed by atoms with van der Waals surface area (Å²) in [5.41, 5.74) is 2.25. The first kappa shape index (κ1) is 21.0. The largest absolute Gasteiger partial charge is 0.378 e. The van der Waals surface area contributed by atoms with Crippen LogP contribution in [0, 0.1) is 0 Å². The molecule has 2 rings (SSSR count). The molecule has 1 unspecified atom stereocenters. The lowest BCUT2D eigenvalue weighted by molar-refractivity contribution is 0.599. The number of halogens is 1. The van der Waals surface area contributed by atoms with Gasteiger partial charge < -0.3 is 15.5 Å². The molecule has 24 heavy (non-hydrogen) atoms. The summed E-state index contributed by atoms with van der Waals surface area (Å²) in [5, 5.41) is 6.41. The first-order valence-electron chi connectivity index (χ1n) is 7.91. The van der Waals surface area contributed by atoms with Crippen LogP contribution < -0.4 is 15.5 Å². The number of anilines is 1. The number of hydrogen-bond acceptors (Lipinski definition) is 4. The van der Waals surface area contributed by atoms with Crippen molar-refractivity contribution in [3.63, 3.8) is 0 Å². The van der Waals surface area contributed by atoms with Gasteiger partial charge >= 0.3 is 0 Å². The molecule has 1 saturated heterocycles. The number of aliphatic imine (C=N–C) groups is 1. The minimum atomic E-state index is -2.89. The Bertz CT molecular complexity index is 662. The highest BCUT2D eigenvalue weighted by Crippen LogP contribution is 2.14. The third kappa shape index (κ3) is 6.46. The van der Waals surface area contributed by atoms with E-state index >= 15 is 0 Å². The number of rotatable bonds is 5. The van der Waals surface area contributed by atoms with Crippen LogP contribution in [0.4, 0.5) is 5.69 Å². The molecule has 0 aromatic heterocycles. The van der Waals surface area contributed by atoms with E-state index in [1.165, 1.54) is 0 Å². The zero-order valence-corrected chi connectivity index (χ0v) is 17.6. The summed E-state index contributed by atoms with van der Waals surface area (Å²) in [4.78, 5) is 6.63. The van der Waals surface area contributed by atoms with Crippen molar-refractivity contribution in [1.29, 1.82) is 0 Å². The predicted molar refractivity (Wildman–Crippen MR) is 111 cm³/mol. The summed E-state index contributed by atoms with van der Waals surface area (Å²) in [6, 6.07) is 8.17. The molecular formula is C16H27IN4O2S. The molecule has 136 valence electrons. The van der Waals surface area contributed by atoms with Gasteiger partial charge in [0.1, 0.15) is 0 Å². The van der Waals surface area contributed by atoms with E-state index in [-0.39, 0.29) is 41.5 Å². The molecule has 8 heteroatoms. The van der Waals surface area contributed by atoms with E-state index < -0.39 is 9.84 Å². The van der Waals surface area contributed by atoms with E-state index in [0.717, 1.165) is 17.8 Å². The van der Waals surface area contributed by atoms with Crippen LogP contribution in [0.15, 0.2) is 29.3 Å². The fourth-order valence-electron chi connectivity index (χ4n) is 2.53. The summed E-state index contributed by atoms with van der Waals surface area (Å²) in [5.74, 6) is 1.12. The minimum absolute atomic E-state index is 0. The lowest BCUT2D eigenvalue weighted by atomic mass is 10.2. The van der Waals surface area contributed by atoms with Crippen LogP contribution in [0.2, 0.25) is 0 Å². The van der Waals surface area contributed by atoms with Gasteiger partial charge in [0, 0.05) is 32.4 Å². The zero-order valence-electron chi connectivity index (χ0n) is 14.4. The lowest BCUT2D eigenvalue weighted by Gasteiger charge is -2.16. The van der Waals surface area contributed by atoms with Crippen LogP contribution in [0.1, 0.15) is 18.9 Å². The molecule has 1 heterocycles. The van der Waals surface area contributed by atoms with E-state index in [1.807, 2.05) is 33.2 Å². The Morgan fingerprint density at radius 3 is 2.71 bits per heavy atom. The molecule has 0 bridgehead atoms. The smallest absolute Gasteiger partial charge is 0.191 e. The van der Waals surface area contributed by atoms with E-state index in [2.05, 4.69) is 32.7 Å². The third-order valence-corrected chi connectivity index (χ3v) is 5.53. The monoisotopic (exact) mass is 466 g/mol. The van der Waals surface area contributed by atoms with E-state index in [1.54, 1.807) is 0 Å². The van der Waals surface area contributed by atoms with Gasteiger partial charge in [-0.05, 0) is 31.0 Å². The summed E-state index contributed by atoms with van der Waals surface area (Å²) in [7, 11) is 1.13. The van der Waals surface area contributed by atoms with Crippen molar-refractivity contribution in [1.82, 2.24) is 10.6 Å². The minimum Gasteiger partial charge on any atom is -0.378 e. The Labute approximate surface area is 162 Å². The lowest BCUT2D eigenvalue weighted by Crippen LogP contribution is -2.44. The average molecular weight is 466 g/mol. The molecule has 1 aromatic carbocycles. The number of guanidine groups is 1. The fraction of sp³-hybridized carbons (Fsp3) is 0.562. The van der Waals surface area contributed by atoms with Crippen molar-refractivity contribution in [2.45, 2.75) is 25.9 Å². The molecule has 1 aliphatic heterocycles. The van der Waals surface area contributed by atoms with E-state index in [4.69, 9.17) is 0 Å². The van der Waals surface area contributed by atoms with Crippen molar-refractivity contribution in [3.8, 4) is 0 Å².